The minimum Gasteiger partial charge on any atom is -0.460 e. The van der Waals surface area contributed by atoms with Crippen molar-refractivity contribution in [3.8, 4) is 0 Å². The SMILES string of the molecule is CC(C)(C)OC(=O)C1CCC2(CCC2)C1. The van der Waals surface area contributed by atoms with Crippen molar-refractivity contribution in [3.63, 3.8) is 0 Å². The fraction of sp³-hybridized carbons (Fsp3) is 0.923. The Morgan fingerprint density at radius 2 is 1.93 bits per heavy atom. The molecule has 1 spiro atoms. The zero-order valence-electron chi connectivity index (χ0n) is 10.1. The van der Waals surface area contributed by atoms with Crippen LogP contribution in [0.3, 0.4) is 0 Å². The fourth-order valence-electron chi connectivity index (χ4n) is 2.92. The van der Waals surface area contributed by atoms with E-state index < -0.39 is 0 Å². The highest BCUT2D eigenvalue weighted by Crippen LogP contribution is 2.55. The molecule has 2 nitrogen and oxygen atoms in total. The Balaban J connectivity index is 1.88. The smallest absolute Gasteiger partial charge is 0.309 e. The lowest BCUT2D eigenvalue weighted by atomic mass is 9.67. The zero-order valence-corrected chi connectivity index (χ0v) is 10.1. The molecule has 0 aromatic heterocycles. The number of hydrogen-bond acceptors (Lipinski definition) is 2. The number of carbonyl (C=O) groups is 1. The number of ether oxygens (including phenoxy) is 1. The molecule has 2 rings (SSSR count). The second kappa shape index (κ2) is 3.50. The molecule has 0 bridgehead atoms. The molecule has 0 amide bonds. The van der Waals surface area contributed by atoms with E-state index in [1.54, 1.807) is 0 Å². The Morgan fingerprint density at radius 1 is 1.27 bits per heavy atom. The maximum absolute atomic E-state index is 11.9. The summed E-state index contributed by atoms with van der Waals surface area (Å²) in [6.07, 6.45) is 7.42. The highest BCUT2D eigenvalue weighted by atomic mass is 16.6. The third-order valence-electron chi connectivity index (χ3n) is 3.86. The number of carbonyl (C=O) groups excluding carboxylic acids is 1. The molecule has 2 aliphatic carbocycles. The lowest BCUT2D eigenvalue weighted by Gasteiger charge is -2.38. The summed E-state index contributed by atoms with van der Waals surface area (Å²) in [4.78, 5) is 11.9. The first-order valence-electron chi connectivity index (χ1n) is 6.13. The maximum Gasteiger partial charge on any atom is 0.309 e. The van der Waals surface area contributed by atoms with Crippen LogP contribution in [0.4, 0.5) is 0 Å². The summed E-state index contributed by atoms with van der Waals surface area (Å²) in [6.45, 7) is 5.83. The lowest BCUT2D eigenvalue weighted by Crippen LogP contribution is -2.30. The van der Waals surface area contributed by atoms with Crippen LogP contribution in [0.5, 0.6) is 0 Å². The molecule has 0 radical (unpaired) electrons. The third kappa shape index (κ3) is 2.35. The van der Waals surface area contributed by atoms with Gasteiger partial charge in [-0.15, -0.1) is 0 Å². The zero-order chi connectivity index (χ0) is 11.1. The lowest BCUT2D eigenvalue weighted by molar-refractivity contribution is -0.160. The van der Waals surface area contributed by atoms with Gasteiger partial charge in [-0.2, -0.15) is 0 Å². The molecule has 0 heterocycles. The maximum atomic E-state index is 11.9. The molecular formula is C13H22O2. The van der Waals surface area contributed by atoms with Gasteiger partial charge < -0.3 is 4.74 Å². The molecule has 0 N–H and O–H groups in total. The van der Waals surface area contributed by atoms with Crippen LogP contribution < -0.4 is 0 Å². The Hall–Kier alpha value is -0.530. The first-order valence-corrected chi connectivity index (χ1v) is 6.13. The molecule has 2 saturated carbocycles. The molecule has 0 saturated heterocycles. The average Bonchev–Trinajstić information content (AvgIpc) is 2.43. The van der Waals surface area contributed by atoms with E-state index in [0.29, 0.717) is 5.41 Å². The van der Waals surface area contributed by atoms with Crippen LogP contribution in [-0.4, -0.2) is 11.6 Å². The van der Waals surface area contributed by atoms with Gasteiger partial charge in [-0.1, -0.05) is 6.42 Å². The van der Waals surface area contributed by atoms with Gasteiger partial charge in [0.05, 0.1) is 5.92 Å². The van der Waals surface area contributed by atoms with Crippen molar-refractivity contribution in [3.05, 3.63) is 0 Å². The summed E-state index contributed by atoms with van der Waals surface area (Å²) in [6, 6.07) is 0. The van der Waals surface area contributed by atoms with Crippen molar-refractivity contribution >= 4 is 5.97 Å². The minimum absolute atomic E-state index is 0.0336. The van der Waals surface area contributed by atoms with Crippen LogP contribution in [0.1, 0.15) is 59.3 Å². The fourth-order valence-corrected chi connectivity index (χ4v) is 2.92. The van der Waals surface area contributed by atoms with Crippen molar-refractivity contribution in [1.82, 2.24) is 0 Å². The Bertz CT molecular complexity index is 258. The first-order chi connectivity index (χ1) is 6.90. The molecule has 1 atom stereocenters. The van der Waals surface area contributed by atoms with E-state index in [0.717, 1.165) is 12.8 Å². The van der Waals surface area contributed by atoms with Gasteiger partial charge in [0.2, 0.25) is 0 Å². The highest BCUT2D eigenvalue weighted by Gasteiger charge is 2.46. The quantitative estimate of drug-likeness (QED) is 0.621. The molecule has 2 heteroatoms. The van der Waals surface area contributed by atoms with Crippen LogP contribution in [0.25, 0.3) is 0 Å². The molecule has 0 aromatic carbocycles. The minimum atomic E-state index is -0.327. The van der Waals surface area contributed by atoms with E-state index in [9.17, 15) is 4.79 Å². The normalized spacial score (nSPS) is 28.9. The summed E-state index contributed by atoms with van der Waals surface area (Å²) in [5.74, 6) is 0.218. The van der Waals surface area contributed by atoms with Crippen LogP contribution >= 0.6 is 0 Å². The van der Waals surface area contributed by atoms with Crippen LogP contribution in [-0.2, 0) is 9.53 Å². The molecular weight excluding hydrogens is 188 g/mol. The Labute approximate surface area is 92.4 Å². The van der Waals surface area contributed by atoms with Crippen molar-refractivity contribution in [2.75, 3.05) is 0 Å². The standard InChI is InChI=1S/C13H22O2/c1-12(2,3)15-11(14)10-5-8-13(9-10)6-4-7-13/h10H,4-9H2,1-3H3. The van der Waals surface area contributed by atoms with Crippen LogP contribution in [0.15, 0.2) is 0 Å². The highest BCUT2D eigenvalue weighted by molar-refractivity contribution is 5.73. The largest absolute Gasteiger partial charge is 0.460 e. The molecule has 15 heavy (non-hydrogen) atoms. The van der Waals surface area contributed by atoms with Gasteiger partial charge >= 0.3 is 5.97 Å². The van der Waals surface area contributed by atoms with E-state index in [-0.39, 0.29) is 17.5 Å². The van der Waals surface area contributed by atoms with Crippen LogP contribution in [0.2, 0.25) is 0 Å². The average molecular weight is 210 g/mol. The molecule has 0 aromatic rings. The molecule has 0 aliphatic heterocycles. The van der Waals surface area contributed by atoms with Crippen molar-refractivity contribution < 1.29 is 9.53 Å². The second-order valence-corrected chi connectivity index (χ2v) is 6.33. The van der Waals surface area contributed by atoms with Gasteiger partial charge in [0.25, 0.3) is 0 Å². The summed E-state index contributed by atoms with van der Waals surface area (Å²) >= 11 is 0. The van der Waals surface area contributed by atoms with Crippen molar-refractivity contribution in [2.24, 2.45) is 11.3 Å². The second-order valence-electron chi connectivity index (χ2n) is 6.33. The van der Waals surface area contributed by atoms with Gasteiger partial charge in [-0.3, -0.25) is 4.79 Å². The molecule has 86 valence electrons. The van der Waals surface area contributed by atoms with E-state index >= 15 is 0 Å². The Kier molecular flexibility index (Phi) is 2.56. The predicted molar refractivity (Wildman–Crippen MR) is 59.5 cm³/mol. The monoisotopic (exact) mass is 210 g/mol. The topological polar surface area (TPSA) is 26.3 Å². The van der Waals surface area contributed by atoms with E-state index in [1.807, 2.05) is 20.8 Å². The Morgan fingerprint density at radius 3 is 2.33 bits per heavy atom. The van der Waals surface area contributed by atoms with Gasteiger partial charge in [-0.05, 0) is 58.3 Å². The van der Waals surface area contributed by atoms with Gasteiger partial charge in [0, 0.05) is 0 Å². The summed E-state index contributed by atoms with van der Waals surface area (Å²) in [7, 11) is 0. The summed E-state index contributed by atoms with van der Waals surface area (Å²) in [5.41, 5.74) is 0.216. The number of rotatable bonds is 1. The predicted octanol–water partition coefficient (Wildman–Crippen LogP) is 3.30. The van der Waals surface area contributed by atoms with Crippen molar-refractivity contribution in [2.45, 2.75) is 64.9 Å². The summed E-state index contributed by atoms with van der Waals surface area (Å²) in [5, 5.41) is 0. The summed E-state index contributed by atoms with van der Waals surface area (Å²) < 4.78 is 5.44. The van der Waals surface area contributed by atoms with Gasteiger partial charge in [-0.25, -0.2) is 0 Å². The van der Waals surface area contributed by atoms with E-state index in [4.69, 9.17) is 4.74 Å². The molecule has 2 fully saturated rings. The van der Waals surface area contributed by atoms with Crippen LogP contribution in [0, 0.1) is 11.3 Å². The molecule has 1 unspecified atom stereocenters. The van der Waals surface area contributed by atoms with Crippen molar-refractivity contribution in [1.29, 1.82) is 0 Å². The third-order valence-corrected chi connectivity index (χ3v) is 3.86. The van der Waals surface area contributed by atoms with E-state index in [1.165, 1.54) is 25.7 Å². The van der Waals surface area contributed by atoms with E-state index in [2.05, 4.69) is 0 Å². The molecule has 2 aliphatic rings. The first kappa shape index (κ1) is 11.0. The number of esters is 1. The van der Waals surface area contributed by atoms with Gasteiger partial charge in [0.1, 0.15) is 5.60 Å². The van der Waals surface area contributed by atoms with Gasteiger partial charge in [0.15, 0.2) is 0 Å². The number of hydrogen-bond donors (Lipinski definition) is 0.